The molecule has 3 aromatic rings. The van der Waals surface area contributed by atoms with Crippen molar-refractivity contribution in [1.29, 1.82) is 0 Å². The largest absolute Gasteiger partial charge is 0.444 e. The molecule has 2 heterocycles. The van der Waals surface area contributed by atoms with Crippen LogP contribution in [0.4, 0.5) is 4.79 Å². The van der Waals surface area contributed by atoms with E-state index in [-0.39, 0.29) is 17.5 Å². The average molecular weight is 460 g/mol. The summed E-state index contributed by atoms with van der Waals surface area (Å²) >= 11 is 0. The number of hydrogen-bond acceptors (Lipinski definition) is 3. The Kier molecular flexibility index (Phi) is 5.23. The number of benzene rings is 2. The Labute approximate surface area is 200 Å². The molecule has 1 aromatic heterocycles. The van der Waals surface area contributed by atoms with Gasteiger partial charge >= 0.3 is 6.09 Å². The number of nitrogens with zero attached hydrogens (tertiary/aromatic N) is 2. The Morgan fingerprint density at radius 1 is 1.12 bits per heavy atom. The molecule has 0 unspecified atom stereocenters. The zero-order valence-corrected chi connectivity index (χ0v) is 20.7. The zero-order chi connectivity index (χ0) is 24.3. The molecular weight excluding hydrogens is 426 g/mol. The molecule has 5 rings (SSSR count). The lowest BCUT2D eigenvalue weighted by atomic mass is 10.0. The van der Waals surface area contributed by atoms with Crippen molar-refractivity contribution in [2.45, 2.75) is 64.5 Å². The highest BCUT2D eigenvalue weighted by atomic mass is 16.6. The number of nitrogens with one attached hydrogen (secondary N) is 1. The van der Waals surface area contributed by atoms with Crippen LogP contribution in [0.1, 0.15) is 60.8 Å². The summed E-state index contributed by atoms with van der Waals surface area (Å²) in [6, 6.07) is 14.8. The molecular formula is C28H33N3O3. The van der Waals surface area contributed by atoms with Gasteiger partial charge in [-0.05, 0) is 88.8 Å². The predicted molar refractivity (Wildman–Crippen MR) is 134 cm³/mol. The zero-order valence-electron chi connectivity index (χ0n) is 20.7. The fraction of sp³-hybridized carbons (Fsp3) is 0.429. The van der Waals surface area contributed by atoms with Crippen LogP contribution in [0.25, 0.3) is 16.6 Å². The number of fused-ring (bicyclic) bond motifs is 3. The quantitative estimate of drug-likeness (QED) is 0.586. The molecule has 2 amide bonds. The van der Waals surface area contributed by atoms with E-state index in [1.54, 1.807) is 4.90 Å². The summed E-state index contributed by atoms with van der Waals surface area (Å²) in [6.45, 7) is 8.45. The normalized spacial score (nSPS) is 17.0. The van der Waals surface area contributed by atoms with Gasteiger partial charge in [0.05, 0.1) is 5.52 Å². The molecule has 2 aliphatic rings. The molecule has 178 valence electrons. The summed E-state index contributed by atoms with van der Waals surface area (Å²) in [7, 11) is 1.87. The lowest BCUT2D eigenvalue weighted by Crippen LogP contribution is -2.41. The lowest BCUT2D eigenvalue weighted by Gasteiger charge is -2.24. The first-order valence-corrected chi connectivity index (χ1v) is 12.1. The standard InChI is InChI=1S/C28H33N3O3/c1-18-6-11-23-22(16-18)21-12-15-30(5)25(32)24(21)31(23)20-9-7-19(8-10-20)17-28(13-14-28)29-26(33)34-27(2,3)4/h6-11,16H,12-15,17H2,1-5H3,(H,29,33). The minimum atomic E-state index is -0.509. The number of aromatic nitrogens is 1. The molecule has 0 atom stereocenters. The van der Waals surface area contributed by atoms with E-state index >= 15 is 0 Å². The van der Waals surface area contributed by atoms with Crippen LogP contribution >= 0.6 is 0 Å². The molecule has 6 nitrogen and oxygen atoms in total. The van der Waals surface area contributed by atoms with Crippen molar-refractivity contribution in [2.75, 3.05) is 13.6 Å². The van der Waals surface area contributed by atoms with E-state index < -0.39 is 5.60 Å². The van der Waals surface area contributed by atoms with Crippen LogP contribution in [0.2, 0.25) is 0 Å². The Hall–Kier alpha value is -3.28. The van der Waals surface area contributed by atoms with Crippen LogP contribution in [0.5, 0.6) is 0 Å². The second-order valence-electron chi connectivity index (χ2n) is 10.9. The summed E-state index contributed by atoms with van der Waals surface area (Å²) < 4.78 is 7.56. The Balaban J connectivity index is 1.44. The highest BCUT2D eigenvalue weighted by Gasteiger charge is 2.44. The third-order valence-corrected chi connectivity index (χ3v) is 6.83. The molecule has 0 bridgehead atoms. The van der Waals surface area contributed by atoms with Crippen LogP contribution in [0.15, 0.2) is 42.5 Å². The third kappa shape index (κ3) is 4.17. The number of carbonyl (C=O) groups is 2. The maximum absolute atomic E-state index is 13.2. The SMILES string of the molecule is Cc1ccc2c(c1)c1c(n2-c2ccc(CC3(NC(=O)OC(C)(C)C)CC3)cc2)C(=O)N(C)CC1. The lowest BCUT2D eigenvalue weighted by molar-refractivity contribution is 0.0496. The fourth-order valence-electron chi connectivity index (χ4n) is 4.95. The molecule has 0 saturated heterocycles. The van der Waals surface area contributed by atoms with Gasteiger partial charge < -0.3 is 19.5 Å². The molecule has 1 N–H and O–H groups in total. The van der Waals surface area contributed by atoms with E-state index in [0.717, 1.165) is 60.3 Å². The number of aryl methyl sites for hydroxylation is 1. The summed E-state index contributed by atoms with van der Waals surface area (Å²) in [4.78, 5) is 27.3. The number of rotatable bonds is 4. The fourth-order valence-corrected chi connectivity index (χ4v) is 4.95. The molecule has 6 heteroatoms. The maximum atomic E-state index is 13.2. The monoisotopic (exact) mass is 459 g/mol. The average Bonchev–Trinajstić information content (AvgIpc) is 3.41. The first kappa shape index (κ1) is 22.5. The molecule has 1 aliphatic heterocycles. The van der Waals surface area contributed by atoms with Gasteiger partial charge in [-0.15, -0.1) is 0 Å². The number of alkyl carbamates (subject to hydrolysis) is 1. The Morgan fingerprint density at radius 3 is 2.47 bits per heavy atom. The second-order valence-corrected chi connectivity index (χ2v) is 10.9. The van der Waals surface area contributed by atoms with Gasteiger partial charge in [0.1, 0.15) is 11.3 Å². The van der Waals surface area contributed by atoms with Crippen LogP contribution < -0.4 is 5.32 Å². The highest BCUT2D eigenvalue weighted by Crippen LogP contribution is 2.39. The summed E-state index contributed by atoms with van der Waals surface area (Å²) in [5, 5.41) is 4.24. The molecule has 0 radical (unpaired) electrons. The van der Waals surface area contributed by atoms with E-state index in [2.05, 4.69) is 59.3 Å². The van der Waals surface area contributed by atoms with E-state index in [0.29, 0.717) is 0 Å². The van der Waals surface area contributed by atoms with Crippen molar-refractivity contribution in [3.63, 3.8) is 0 Å². The minimum Gasteiger partial charge on any atom is -0.444 e. The van der Waals surface area contributed by atoms with Gasteiger partial charge in [0.15, 0.2) is 0 Å². The summed E-state index contributed by atoms with van der Waals surface area (Å²) in [5.74, 6) is 0.0673. The number of likely N-dealkylation sites (N-methyl/N-ethyl adjacent to an activating group) is 1. The van der Waals surface area contributed by atoms with E-state index in [1.807, 2.05) is 27.8 Å². The van der Waals surface area contributed by atoms with E-state index in [4.69, 9.17) is 4.74 Å². The van der Waals surface area contributed by atoms with Gasteiger partial charge in [0, 0.05) is 30.2 Å². The van der Waals surface area contributed by atoms with Gasteiger partial charge in [-0.2, -0.15) is 0 Å². The van der Waals surface area contributed by atoms with Gasteiger partial charge in [-0.25, -0.2) is 4.79 Å². The first-order chi connectivity index (χ1) is 16.1. The highest BCUT2D eigenvalue weighted by molar-refractivity contribution is 6.04. The molecule has 1 aliphatic carbocycles. The van der Waals surface area contributed by atoms with Crippen molar-refractivity contribution in [3.05, 3.63) is 64.8 Å². The van der Waals surface area contributed by atoms with Crippen molar-refractivity contribution in [2.24, 2.45) is 0 Å². The van der Waals surface area contributed by atoms with Gasteiger partial charge in [-0.3, -0.25) is 4.79 Å². The summed E-state index contributed by atoms with van der Waals surface area (Å²) in [6.07, 6.45) is 3.16. The molecule has 0 spiro atoms. The third-order valence-electron chi connectivity index (χ3n) is 6.83. The van der Waals surface area contributed by atoms with Crippen molar-refractivity contribution < 1.29 is 14.3 Å². The molecule has 2 aromatic carbocycles. The number of ether oxygens (including phenoxy) is 1. The van der Waals surface area contributed by atoms with E-state index in [1.165, 1.54) is 10.9 Å². The van der Waals surface area contributed by atoms with Crippen LogP contribution in [-0.2, 0) is 17.6 Å². The van der Waals surface area contributed by atoms with Crippen molar-refractivity contribution in [1.82, 2.24) is 14.8 Å². The van der Waals surface area contributed by atoms with E-state index in [9.17, 15) is 9.59 Å². The predicted octanol–water partition coefficient (Wildman–Crippen LogP) is 5.17. The molecule has 1 fully saturated rings. The minimum absolute atomic E-state index is 0.0673. The number of carbonyl (C=O) groups excluding carboxylic acids is 2. The number of hydrogen-bond donors (Lipinski definition) is 1. The van der Waals surface area contributed by atoms with Crippen LogP contribution in [0.3, 0.4) is 0 Å². The van der Waals surface area contributed by atoms with Crippen molar-refractivity contribution in [3.8, 4) is 5.69 Å². The Bertz CT molecular complexity index is 1280. The first-order valence-electron chi connectivity index (χ1n) is 12.1. The van der Waals surface area contributed by atoms with Crippen molar-refractivity contribution >= 4 is 22.9 Å². The van der Waals surface area contributed by atoms with Gasteiger partial charge in [0.25, 0.3) is 5.91 Å². The van der Waals surface area contributed by atoms with Crippen LogP contribution in [-0.4, -0.2) is 46.2 Å². The van der Waals surface area contributed by atoms with Gasteiger partial charge in [-0.1, -0.05) is 23.8 Å². The maximum Gasteiger partial charge on any atom is 0.408 e. The van der Waals surface area contributed by atoms with Crippen LogP contribution in [0, 0.1) is 6.92 Å². The number of amides is 2. The molecule has 1 saturated carbocycles. The smallest absolute Gasteiger partial charge is 0.408 e. The second kappa shape index (κ2) is 7.90. The Morgan fingerprint density at radius 2 is 1.82 bits per heavy atom. The molecule has 34 heavy (non-hydrogen) atoms. The summed E-state index contributed by atoms with van der Waals surface area (Å²) in [5.41, 5.74) is 5.58. The van der Waals surface area contributed by atoms with Gasteiger partial charge in [0.2, 0.25) is 0 Å². The topological polar surface area (TPSA) is 63.6 Å².